The van der Waals surface area contributed by atoms with Gasteiger partial charge in [-0.25, -0.2) is 4.79 Å². The standard InChI is InChI=1S/C39H46O9/c1-4-12-32-35(19-17-31-33(40)21-24-48-38(31)32)47-23-10-8-7-9-22-46-34-18-15-29(25-27(34)16-20-36(41)44-5-2)37(42)28-13-11-14-30(26-28)39(43)45-6-3/h11,13-15,17-19,25-26H,4-10,12,16,20-24H2,1-3H3. The summed E-state index contributed by atoms with van der Waals surface area (Å²) in [4.78, 5) is 50.0. The van der Waals surface area contributed by atoms with E-state index in [1.807, 2.05) is 12.1 Å². The van der Waals surface area contributed by atoms with Crippen molar-refractivity contribution in [3.8, 4) is 17.2 Å². The zero-order valence-electron chi connectivity index (χ0n) is 28.3. The predicted molar refractivity (Wildman–Crippen MR) is 182 cm³/mol. The largest absolute Gasteiger partial charge is 0.493 e. The van der Waals surface area contributed by atoms with Crippen LogP contribution in [0.4, 0.5) is 0 Å². The summed E-state index contributed by atoms with van der Waals surface area (Å²) < 4.78 is 28.3. The number of ketones is 2. The molecule has 9 nitrogen and oxygen atoms in total. The van der Waals surface area contributed by atoms with Gasteiger partial charge in [-0.2, -0.15) is 0 Å². The SMILES string of the molecule is CCCc1c(OCCCCCCOc2ccc(C(=O)c3cccc(C(=O)OCC)c3)cc2CCC(=O)OCC)ccc2c1OCCC2=O. The number of carbonyl (C=O) groups excluding carboxylic acids is 4. The Morgan fingerprint density at radius 3 is 2.17 bits per heavy atom. The first-order valence-corrected chi connectivity index (χ1v) is 17.0. The molecule has 3 aromatic carbocycles. The number of aryl methyl sites for hydroxylation is 1. The third-order valence-electron chi connectivity index (χ3n) is 8.01. The maximum absolute atomic E-state index is 13.4. The van der Waals surface area contributed by atoms with Crippen LogP contribution in [-0.4, -0.2) is 56.5 Å². The van der Waals surface area contributed by atoms with Crippen LogP contribution in [0.1, 0.15) is 113 Å². The Balaban J connectivity index is 1.30. The van der Waals surface area contributed by atoms with Crippen LogP contribution >= 0.6 is 0 Å². The number of fused-ring (bicyclic) bond motifs is 1. The molecule has 1 aliphatic heterocycles. The molecule has 48 heavy (non-hydrogen) atoms. The number of rotatable bonds is 19. The minimum absolute atomic E-state index is 0.121. The third kappa shape index (κ3) is 9.92. The summed E-state index contributed by atoms with van der Waals surface area (Å²) in [5, 5.41) is 0. The zero-order chi connectivity index (χ0) is 34.3. The summed E-state index contributed by atoms with van der Waals surface area (Å²) in [5.74, 6) is 1.17. The molecule has 0 amide bonds. The summed E-state index contributed by atoms with van der Waals surface area (Å²) in [6.45, 7) is 7.60. The molecule has 0 unspecified atom stereocenters. The topological polar surface area (TPSA) is 114 Å². The molecule has 3 aromatic rings. The van der Waals surface area contributed by atoms with Gasteiger partial charge in [0, 0.05) is 29.5 Å². The van der Waals surface area contributed by atoms with Crippen LogP contribution in [0.15, 0.2) is 54.6 Å². The lowest BCUT2D eigenvalue weighted by molar-refractivity contribution is -0.143. The molecule has 0 bridgehead atoms. The lowest BCUT2D eigenvalue weighted by atomic mass is 9.98. The maximum Gasteiger partial charge on any atom is 0.338 e. The van der Waals surface area contributed by atoms with Crippen LogP contribution in [0.5, 0.6) is 17.2 Å². The molecule has 0 saturated heterocycles. The third-order valence-corrected chi connectivity index (χ3v) is 8.01. The molecule has 0 N–H and O–H groups in total. The molecule has 256 valence electrons. The van der Waals surface area contributed by atoms with Crippen LogP contribution in [0.25, 0.3) is 0 Å². The number of hydrogen-bond acceptors (Lipinski definition) is 9. The highest BCUT2D eigenvalue weighted by atomic mass is 16.5. The molecule has 1 aliphatic rings. The van der Waals surface area contributed by atoms with E-state index in [-0.39, 0.29) is 30.6 Å². The number of hydrogen-bond donors (Lipinski definition) is 0. The average molecular weight is 659 g/mol. The monoisotopic (exact) mass is 658 g/mol. The molecular formula is C39H46O9. The van der Waals surface area contributed by atoms with Gasteiger partial charge in [0.2, 0.25) is 0 Å². The quantitative estimate of drug-likeness (QED) is 0.0733. The summed E-state index contributed by atoms with van der Waals surface area (Å²) in [5.41, 5.74) is 3.48. The molecule has 4 rings (SSSR count). The van der Waals surface area contributed by atoms with E-state index in [0.29, 0.717) is 73.0 Å². The van der Waals surface area contributed by atoms with E-state index in [4.69, 9.17) is 23.7 Å². The van der Waals surface area contributed by atoms with Crippen molar-refractivity contribution < 1.29 is 42.9 Å². The van der Waals surface area contributed by atoms with Gasteiger partial charge in [0.25, 0.3) is 0 Å². The fraction of sp³-hybridized carbons (Fsp3) is 0.436. The van der Waals surface area contributed by atoms with E-state index in [1.165, 1.54) is 6.07 Å². The van der Waals surface area contributed by atoms with Crippen molar-refractivity contribution in [2.24, 2.45) is 0 Å². The highest BCUT2D eigenvalue weighted by Gasteiger charge is 2.24. The predicted octanol–water partition coefficient (Wildman–Crippen LogP) is 7.53. The van der Waals surface area contributed by atoms with Crippen molar-refractivity contribution in [3.63, 3.8) is 0 Å². The van der Waals surface area contributed by atoms with Gasteiger partial charge in [0.05, 0.1) is 44.2 Å². The Labute approximate surface area is 282 Å². The van der Waals surface area contributed by atoms with Crippen molar-refractivity contribution in [1.29, 1.82) is 0 Å². The molecule has 1 heterocycles. The van der Waals surface area contributed by atoms with Crippen molar-refractivity contribution in [2.75, 3.05) is 33.0 Å². The highest BCUT2D eigenvalue weighted by molar-refractivity contribution is 6.10. The van der Waals surface area contributed by atoms with E-state index < -0.39 is 5.97 Å². The average Bonchev–Trinajstić information content (AvgIpc) is 3.09. The van der Waals surface area contributed by atoms with E-state index in [1.54, 1.807) is 50.2 Å². The van der Waals surface area contributed by atoms with Crippen LogP contribution in [0.2, 0.25) is 0 Å². The minimum atomic E-state index is -0.483. The van der Waals surface area contributed by atoms with E-state index in [2.05, 4.69) is 6.92 Å². The summed E-state index contributed by atoms with van der Waals surface area (Å²) in [6, 6.07) is 15.4. The summed E-state index contributed by atoms with van der Waals surface area (Å²) >= 11 is 0. The van der Waals surface area contributed by atoms with Gasteiger partial charge in [-0.1, -0.05) is 25.5 Å². The second-order valence-electron chi connectivity index (χ2n) is 11.6. The number of carbonyl (C=O) groups is 4. The fourth-order valence-electron chi connectivity index (χ4n) is 5.61. The van der Waals surface area contributed by atoms with E-state index in [9.17, 15) is 19.2 Å². The van der Waals surface area contributed by atoms with Gasteiger partial charge in [-0.15, -0.1) is 0 Å². The lowest BCUT2D eigenvalue weighted by Crippen LogP contribution is -2.17. The van der Waals surface area contributed by atoms with Crippen LogP contribution in [0.3, 0.4) is 0 Å². The molecule has 0 aromatic heterocycles. The molecule has 0 atom stereocenters. The van der Waals surface area contributed by atoms with Crippen LogP contribution < -0.4 is 14.2 Å². The molecular weight excluding hydrogens is 612 g/mol. The number of Topliss-reactive ketones (excluding diaryl/α,β-unsaturated/α-hetero) is 1. The van der Waals surface area contributed by atoms with Crippen LogP contribution in [-0.2, 0) is 27.1 Å². The normalized spacial score (nSPS) is 12.1. The lowest BCUT2D eigenvalue weighted by Gasteiger charge is -2.22. The fourth-order valence-corrected chi connectivity index (χ4v) is 5.61. The second-order valence-corrected chi connectivity index (χ2v) is 11.6. The van der Waals surface area contributed by atoms with Gasteiger partial charge in [-0.3, -0.25) is 14.4 Å². The van der Waals surface area contributed by atoms with Crippen molar-refractivity contribution in [2.45, 2.75) is 78.6 Å². The Bertz CT molecular complexity index is 1580. The highest BCUT2D eigenvalue weighted by Crippen LogP contribution is 2.36. The second kappa shape index (κ2) is 18.6. The number of esters is 2. The van der Waals surface area contributed by atoms with Gasteiger partial charge in [-0.05, 0) is 100 Å². The van der Waals surface area contributed by atoms with Crippen LogP contribution in [0, 0.1) is 0 Å². The van der Waals surface area contributed by atoms with E-state index >= 15 is 0 Å². The molecule has 0 fully saturated rings. The maximum atomic E-state index is 13.4. The van der Waals surface area contributed by atoms with E-state index in [0.717, 1.165) is 55.4 Å². The Hall–Kier alpha value is -4.66. The Kier molecular flexibility index (Phi) is 14.0. The zero-order valence-corrected chi connectivity index (χ0v) is 28.3. The Morgan fingerprint density at radius 1 is 0.750 bits per heavy atom. The van der Waals surface area contributed by atoms with Crippen molar-refractivity contribution in [3.05, 3.63) is 88.0 Å². The molecule has 0 saturated carbocycles. The first-order chi connectivity index (χ1) is 23.4. The van der Waals surface area contributed by atoms with Gasteiger partial charge < -0.3 is 23.7 Å². The van der Waals surface area contributed by atoms with Crippen molar-refractivity contribution in [1.82, 2.24) is 0 Å². The first-order valence-electron chi connectivity index (χ1n) is 17.0. The number of benzene rings is 3. The number of ether oxygens (including phenoxy) is 5. The first kappa shape index (κ1) is 36.2. The minimum Gasteiger partial charge on any atom is -0.493 e. The number of unbranched alkanes of at least 4 members (excludes halogenated alkanes) is 3. The van der Waals surface area contributed by atoms with Gasteiger partial charge in [0.1, 0.15) is 17.2 Å². The summed E-state index contributed by atoms with van der Waals surface area (Å²) in [7, 11) is 0. The molecule has 0 radical (unpaired) electrons. The molecule has 0 aliphatic carbocycles. The Morgan fingerprint density at radius 2 is 1.44 bits per heavy atom. The smallest absolute Gasteiger partial charge is 0.338 e. The van der Waals surface area contributed by atoms with Crippen molar-refractivity contribution >= 4 is 23.5 Å². The molecule has 9 heteroatoms. The summed E-state index contributed by atoms with van der Waals surface area (Å²) in [6.07, 6.45) is 6.26. The van der Waals surface area contributed by atoms with Gasteiger partial charge >= 0.3 is 11.9 Å². The molecule has 0 spiro atoms. The van der Waals surface area contributed by atoms with Gasteiger partial charge in [0.15, 0.2) is 11.6 Å².